The summed E-state index contributed by atoms with van der Waals surface area (Å²) < 4.78 is 0. The number of carbonyl (C=O) groups is 1. The molecular formula is C15H29N3O. The molecule has 0 aromatic carbocycles. The summed E-state index contributed by atoms with van der Waals surface area (Å²) in [4.78, 5) is 12.4. The van der Waals surface area contributed by atoms with Crippen molar-refractivity contribution in [3.05, 3.63) is 0 Å². The fourth-order valence-electron chi connectivity index (χ4n) is 3.50. The van der Waals surface area contributed by atoms with E-state index in [1.807, 2.05) is 0 Å². The first-order valence-electron chi connectivity index (χ1n) is 7.75. The highest BCUT2D eigenvalue weighted by atomic mass is 16.1. The summed E-state index contributed by atoms with van der Waals surface area (Å²) in [6.45, 7) is 3.24. The molecule has 19 heavy (non-hydrogen) atoms. The Morgan fingerprint density at radius 3 is 2.37 bits per heavy atom. The molecule has 0 aromatic heterocycles. The maximum absolute atomic E-state index is 12.4. The van der Waals surface area contributed by atoms with Gasteiger partial charge in [-0.1, -0.05) is 19.3 Å². The lowest BCUT2D eigenvalue weighted by atomic mass is 9.71. The van der Waals surface area contributed by atoms with E-state index in [1.54, 1.807) is 0 Å². The van der Waals surface area contributed by atoms with Gasteiger partial charge in [0.25, 0.3) is 0 Å². The first kappa shape index (κ1) is 14.8. The van der Waals surface area contributed by atoms with Crippen molar-refractivity contribution in [2.75, 3.05) is 13.1 Å². The normalized spacial score (nSPS) is 25.6. The molecule has 1 atom stereocenters. The Hall–Kier alpha value is -0.610. The third kappa shape index (κ3) is 3.48. The van der Waals surface area contributed by atoms with E-state index in [4.69, 9.17) is 11.5 Å². The Bertz CT molecular complexity index is 321. The summed E-state index contributed by atoms with van der Waals surface area (Å²) in [6, 6.07) is 0. The summed E-state index contributed by atoms with van der Waals surface area (Å²) in [7, 11) is 0. The molecule has 0 radical (unpaired) electrons. The molecule has 2 rings (SSSR count). The number of hydrogen-bond acceptors (Lipinski definition) is 3. The SMILES string of the molecule is CC(CN)(NC(=O)CC1(CN)CCCCC1)C1CC1. The summed E-state index contributed by atoms with van der Waals surface area (Å²) in [5.74, 6) is 0.717. The zero-order valence-electron chi connectivity index (χ0n) is 12.2. The van der Waals surface area contributed by atoms with Gasteiger partial charge >= 0.3 is 0 Å². The van der Waals surface area contributed by atoms with E-state index in [2.05, 4.69) is 12.2 Å². The Kier molecular flexibility index (Phi) is 4.51. The Labute approximate surface area is 116 Å². The second kappa shape index (κ2) is 5.80. The van der Waals surface area contributed by atoms with Crippen molar-refractivity contribution in [2.45, 2.75) is 63.8 Å². The van der Waals surface area contributed by atoms with Crippen LogP contribution in [0.25, 0.3) is 0 Å². The highest BCUT2D eigenvalue weighted by Crippen LogP contribution is 2.41. The quantitative estimate of drug-likeness (QED) is 0.682. The van der Waals surface area contributed by atoms with E-state index in [9.17, 15) is 4.79 Å². The van der Waals surface area contributed by atoms with Crippen LogP contribution in [-0.4, -0.2) is 24.5 Å². The fourth-order valence-corrected chi connectivity index (χ4v) is 3.50. The van der Waals surface area contributed by atoms with Crippen LogP contribution in [0.3, 0.4) is 0 Å². The van der Waals surface area contributed by atoms with Crippen molar-refractivity contribution in [1.29, 1.82) is 0 Å². The highest BCUT2D eigenvalue weighted by molar-refractivity contribution is 5.77. The maximum Gasteiger partial charge on any atom is 0.221 e. The van der Waals surface area contributed by atoms with Crippen molar-refractivity contribution < 1.29 is 4.79 Å². The molecule has 0 bridgehead atoms. The number of nitrogens with one attached hydrogen (secondary N) is 1. The molecule has 0 spiro atoms. The van der Waals surface area contributed by atoms with Crippen LogP contribution in [-0.2, 0) is 4.79 Å². The van der Waals surface area contributed by atoms with Gasteiger partial charge in [0.2, 0.25) is 5.91 Å². The van der Waals surface area contributed by atoms with E-state index >= 15 is 0 Å². The minimum Gasteiger partial charge on any atom is -0.349 e. The van der Waals surface area contributed by atoms with Crippen LogP contribution < -0.4 is 16.8 Å². The summed E-state index contributed by atoms with van der Waals surface area (Å²) in [6.07, 6.45) is 8.85. The van der Waals surface area contributed by atoms with Crippen molar-refractivity contribution in [2.24, 2.45) is 22.8 Å². The van der Waals surface area contributed by atoms with Crippen molar-refractivity contribution in [1.82, 2.24) is 5.32 Å². The molecule has 0 saturated heterocycles. The van der Waals surface area contributed by atoms with Gasteiger partial charge in [-0.2, -0.15) is 0 Å². The molecule has 4 nitrogen and oxygen atoms in total. The summed E-state index contributed by atoms with van der Waals surface area (Å²) in [5, 5.41) is 3.19. The number of amides is 1. The predicted octanol–water partition coefficient (Wildman–Crippen LogP) is 1.53. The monoisotopic (exact) mass is 267 g/mol. The first-order chi connectivity index (χ1) is 9.03. The van der Waals surface area contributed by atoms with Crippen molar-refractivity contribution in [3.8, 4) is 0 Å². The smallest absolute Gasteiger partial charge is 0.221 e. The Morgan fingerprint density at radius 2 is 1.89 bits per heavy atom. The van der Waals surface area contributed by atoms with Gasteiger partial charge in [-0.3, -0.25) is 4.79 Å². The van der Waals surface area contributed by atoms with Crippen LogP contribution in [0.4, 0.5) is 0 Å². The van der Waals surface area contributed by atoms with Gasteiger partial charge in [-0.05, 0) is 50.5 Å². The van der Waals surface area contributed by atoms with Crippen LogP contribution in [0.5, 0.6) is 0 Å². The van der Waals surface area contributed by atoms with Crippen LogP contribution >= 0.6 is 0 Å². The van der Waals surface area contributed by atoms with E-state index in [1.165, 1.54) is 32.1 Å². The van der Waals surface area contributed by atoms with E-state index < -0.39 is 0 Å². The predicted molar refractivity (Wildman–Crippen MR) is 77.5 cm³/mol. The highest BCUT2D eigenvalue weighted by Gasteiger charge is 2.42. The number of rotatable bonds is 6. The molecule has 110 valence electrons. The fraction of sp³-hybridized carbons (Fsp3) is 0.933. The van der Waals surface area contributed by atoms with Gasteiger partial charge in [0, 0.05) is 13.0 Å². The summed E-state index contributed by atoms with van der Waals surface area (Å²) >= 11 is 0. The molecule has 0 aromatic rings. The average molecular weight is 267 g/mol. The third-order valence-corrected chi connectivity index (χ3v) is 5.21. The molecule has 2 aliphatic carbocycles. The Balaban J connectivity index is 1.92. The van der Waals surface area contributed by atoms with Crippen LogP contribution in [0.15, 0.2) is 0 Å². The molecule has 4 heteroatoms. The average Bonchev–Trinajstić information content (AvgIpc) is 3.24. The standard InChI is InChI=1S/C15H29N3O/c1-14(10-16,12-5-6-12)18-13(19)9-15(11-17)7-3-2-4-8-15/h12H,2-11,16-17H2,1H3,(H,18,19). The zero-order chi connectivity index (χ0) is 13.9. The molecule has 2 fully saturated rings. The van der Waals surface area contributed by atoms with E-state index in [-0.39, 0.29) is 16.9 Å². The molecule has 2 aliphatic rings. The van der Waals surface area contributed by atoms with Crippen molar-refractivity contribution in [3.63, 3.8) is 0 Å². The van der Waals surface area contributed by atoms with Gasteiger partial charge in [0.1, 0.15) is 0 Å². The minimum atomic E-state index is -0.207. The number of hydrogen-bond donors (Lipinski definition) is 3. The lowest BCUT2D eigenvalue weighted by molar-refractivity contribution is -0.125. The maximum atomic E-state index is 12.4. The lowest BCUT2D eigenvalue weighted by Gasteiger charge is -2.37. The minimum absolute atomic E-state index is 0.0430. The van der Waals surface area contributed by atoms with E-state index in [0.717, 1.165) is 12.8 Å². The molecule has 1 unspecified atom stereocenters. The Morgan fingerprint density at radius 1 is 1.26 bits per heavy atom. The molecule has 0 aliphatic heterocycles. The van der Waals surface area contributed by atoms with Crippen LogP contribution in [0.2, 0.25) is 0 Å². The largest absolute Gasteiger partial charge is 0.349 e. The van der Waals surface area contributed by atoms with Crippen molar-refractivity contribution >= 4 is 5.91 Å². The second-order valence-electron chi connectivity index (χ2n) is 6.89. The van der Waals surface area contributed by atoms with Crippen LogP contribution in [0.1, 0.15) is 58.3 Å². The van der Waals surface area contributed by atoms with Gasteiger partial charge in [0.15, 0.2) is 0 Å². The molecule has 5 N–H and O–H groups in total. The lowest BCUT2D eigenvalue weighted by Crippen LogP contribution is -2.54. The zero-order valence-corrected chi connectivity index (χ0v) is 12.2. The third-order valence-electron chi connectivity index (χ3n) is 5.21. The molecule has 0 heterocycles. The van der Waals surface area contributed by atoms with E-state index in [0.29, 0.717) is 25.4 Å². The first-order valence-corrected chi connectivity index (χ1v) is 7.75. The van der Waals surface area contributed by atoms with Gasteiger partial charge in [-0.15, -0.1) is 0 Å². The molecule has 2 saturated carbocycles. The number of carbonyl (C=O) groups excluding carboxylic acids is 1. The van der Waals surface area contributed by atoms with Gasteiger partial charge in [0.05, 0.1) is 5.54 Å². The van der Waals surface area contributed by atoms with Gasteiger partial charge in [-0.25, -0.2) is 0 Å². The molecular weight excluding hydrogens is 238 g/mol. The second-order valence-corrected chi connectivity index (χ2v) is 6.89. The molecule has 1 amide bonds. The summed E-state index contributed by atoms with van der Waals surface area (Å²) in [5.41, 5.74) is 11.6. The van der Waals surface area contributed by atoms with Crippen LogP contribution in [0, 0.1) is 11.3 Å². The topological polar surface area (TPSA) is 81.1 Å². The number of nitrogens with two attached hydrogens (primary N) is 2. The van der Waals surface area contributed by atoms with Gasteiger partial charge < -0.3 is 16.8 Å².